The third-order valence-corrected chi connectivity index (χ3v) is 2.39. The number of rotatable bonds is 0. The molecule has 0 aromatic heterocycles. The molecule has 0 spiro atoms. The fourth-order valence-corrected chi connectivity index (χ4v) is 1.78. The average molecular weight is 199 g/mol. The molecule has 1 aliphatic heterocycles. The Hall–Kier alpha value is -0.340. The van der Waals surface area contributed by atoms with Gasteiger partial charge < -0.3 is 5.32 Å². The fourth-order valence-electron chi connectivity index (χ4n) is 1.37. The molecule has 0 radical (unpaired) electrons. The standard InChI is InChI=1S/C8H8BrN/c9-8-2-1-6-4-10-5-7(6)3-8/h1-3,10H,4-5H2/p+1. The highest BCUT2D eigenvalue weighted by Gasteiger charge is 2.12. The van der Waals surface area contributed by atoms with Crippen LogP contribution >= 0.6 is 15.9 Å². The highest BCUT2D eigenvalue weighted by atomic mass is 79.9. The van der Waals surface area contributed by atoms with E-state index in [9.17, 15) is 0 Å². The zero-order chi connectivity index (χ0) is 6.97. The van der Waals surface area contributed by atoms with Gasteiger partial charge in [0.1, 0.15) is 13.1 Å². The number of fused-ring (bicyclic) bond motifs is 1. The van der Waals surface area contributed by atoms with Gasteiger partial charge in [0, 0.05) is 15.6 Å². The maximum Gasteiger partial charge on any atom is 0.102 e. The summed E-state index contributed by atoms with van der Waals surface area (Å²) in [7, 11) is 0. The molecule has 0 amide bonds. The number of nitrogens with two attached hydrogens (primary N) is 1. The van der Waals surface area contributed by atoms with Crippen LogP contribution in [-0.2, 0) is 13.1 Å². The van der Waals surface area contributed by atoms with E-state index in [2.05, 4.69) is 39.4 Å². The first-order valence-electron chi connectivity index (χ1n) is 3.45. The third-order valence-electron chi connectivity index (χ3n) is 1.90. The minimum atomic E-state index is 1.15. The monoisotopic (exact) mass is 198 g/mol. The molecule has 2 rings (SSSR count). The summed E-state index contributed by atoms with van der Waals surface area (Å²) in [4.78, 5) is 0. The number of hydrogen-bond acceptors (Lipinski definition) is 0. The number of benzene rings is 1. The van der Waals surface area contributed by atoms with Gasteiger partial charge in [-0.1, -0.05) is 22.0 Å². The van der Waals surface area contributed by atoms with Crippen molar-refractivity contribution < 1.29 is 5.32 Å². The number of halogens is 1. The zero-order valence-corrected chi connectivity index (χ0v) is 7.19. The van der Waals surface area contributed by atoms with Crippen molar-refractivity contribution >= 4 is 15.9 Å². The second-order valence-corrected chi connectivity index (χ2v) is 3.53. The minimum Gasteiger partial charge on any atom is -0.339 e. The highest BCUT2D eigenvalue weighted by Crippen LogP contribution is 2.17. The fraction of sp³-hybridized carbons (Fsp3) is 0.250. The maximum atomic E-state index is 3.45. The smallest absolute Gasteiger partial charge is 0.102 e. The van der Waals surface area contributed by atoms with Crippen LogP contribution in [0.1, 0.15) is 11.1 Å². The van der Waals surface area contributed by atoms with E-state index >= 15 is 0 Å². The van der Waals surface area contributed by atoms with Crippen LogP contribution in [0.15, 0.2) is 22.7 Å². The Bertz CT molecular complexity index is 257. The van der Waals surface area contributed by atoms with Crippen LogP contribution in [0.3, 0.4) is 0 Å². The Morgan fingerprint density at radius 1 is 1.20 bits per heavy atom. The van der Waals surface area contributed by atoms with Gasteiger partial charge in [-0.25, -0.2) is 0 Å². The molecular formula is C8H9BrN+. The van der Waals surface area contributed by atoms with E-state index < -0.39 is 0 Å². The summed E-state index contributed by atoms with van der Waals surface area (Å²) in [5, 5.41) is 2.32. The maximum absolute atomic E-state index is 3.45. The lowest BCUT2D eigenvalue weighted by molar-refractivity contribution is -0.676. The van der Waals surface area contributed by atoms with Crippen LogP contribution in [0.2, 0.25) is 0 Å². The highest BCUT2D eigenvalue weighted by molar-refractivity contribution is 9.10. The molecule has 0 fully saturated rings. The van der Waals surface area contributed by atoms with Crippen molar-refractivity contribution in [1.29, 1.82) is 0 Å². The lowest BCUT2D eigenvalue weighted by Crippen LogP contribution is -2.77. The molecular weight excluding hydrogens is 190 g/mol. The van der Waals surface area contributed by atoms with Gasteiger partial charge in [0.2, 0.25) is 0 Å². The van der Waals surface area contributed by atoms with Crippen molar-refractivity contribution in [3.63, 3.8) is 0 Å². The molecule has 1 aromatic rings. The average Bonchev–Trinajstić information content (AvgIpc) is 2.33. The van der Waals surface area contributed by atoms with Crippen molar-refractivity contribution in [2.45, 2.75) is 13.1 Å². The van der Waals surface area contributed by atoms with E-state index in [-0.39, 0.29) is 0 Å². The molecule has 0 saturated heterocycles. The summed E-state index contributed by atoms with van der Waals surface area (Å²) >= 11 is 3.45. The minimum absolute atomic E-state index is 1.15. The quantitative estimate of drug-likeness (QED) is 0.642. The Balaban J connectivity index is 2.52. The summed E-state index contributed by atoms with van der Waals surface area (Å²) in [6.07, 6.45) is 0. The molecule has 0 unspecified atom stereocenters. The van der Waals surface area contributed by atoms with E-state index in [1.807, 2.05) is 0 Å². The lowest BCUT2D eigenvalue weighted by Gasteiger charge is -1.93. The molecule has 0 saturated carbocycles. The summed E-state index contributed by atoms with van der Waals surface area (Å²) < 4.78 is 1.20. The Morgan fingerprint density at radius 2 is 2.00 bits per heavy atom. The first-order chi connectivity index (χ1) is 4.86. The Morgan fingerprint density at radius 3 is 2.90 bits per heavy atom. The van der Waals surface area contributed by atoms with Crippen molar-refractivity contribution in [3.05, 3.63) is 33.8 Å². The topological polar surface area (TPSA) is 16.6 Å². The Kier molecular flexibility index (Phi) is 1.51. The normalized spacial score (nSPS) is 15.3. The van der Waals surface area contributed by atoms with Crippen LogP contribution in [-0.4, -0.2) is 0 Å². The number of quaternary nitrogens is 1. The molecule has 10 heavy (non-hydrogen) atoms. The van der Waals surface area contributed by atoms with E-state index in [4.69, 9.17) is 0 Å². The second-order valence-electron chi connectivity index (χ2n) is 2.61. The van der Waals surface area contributed by atoms with Gasteiger partial charge in [-0.05, 0) is 12.1 Å². The largest absolute Gasteiger partial charge is 0.339 e. The molecule has 2 N–H and O–H groups in total. The van der Waals surface area contributed by atoms with E-state index in [1.165, 1.54) is 15.6 Å². The van der Waals surface area contributed by atoms with E-state index in [0.29, 0.717) is 0 Å². The molecule has 0 atom stereocenters. The predicted octanol–water partition coefficient (Wildman–Crippen LogP) is 1.03. The van der Waals surface area contributed by atoms with Crippen LogP contribution in [0.4, 0.5) is 0 Å². The molecule has 2 heteroatoms. The van der Waals surface area contributed by atoms with Crippen molar-refractivity contribution in [1.82, 2.24) is 0 Å². The van der Waals surface area contributed by atoms with Crippen molar-refractivity contribution in [3.8, 4) is 0 Å². The van der Waals surface area contributed by atoms with Crippen molar-refractivity contribution in [2.75, 3.05) is 0 Å². The molecule has 1 aliphatic rings. The summed E-state index contributed by atoms with van der Waals surface area (Å²) in [6.45, 7) is 2.30. The first-order valence-corrected chi connectivity index (χ1v) is 4.24. The zero-order valence-electron chi connectivity index (χ0n) is 5.60. The Labute approximate surface area is 68.6 Å². The predicted molar refractivity (Wildman–Crippen MR) is 43.5 cm³/mol. The molecule has 0 aliphatic carbocycles. The first kappa shape index (κ1) is 6.38. The summed E-state index contributed by atoms with van der Waals surface area (Å²) in [5.74, 6) is 0. The van der Waals surface area contributed by atoms with Gasteiger partial charge in [-0.2, -0.15) is 0 Å². The molecule has 1 nitrogen and oxygen atoms in total. The molecule has 1 aromatic carbocycles. The number of hydrogen-bond donors (Lipinski definition) is 1. The molecule has 1 heterocycles. The second kappa shape index (κ2) is 2.36. The van der Waals surface area contributed by atoms with Crippen LogP contribution in [0.25, 0.3) is 0 Å². The lowest BCUT2D eigenvalue weighted by atomic mass is 10.1. The molecule has 52 valence electrons. The van der Waals surface area contributed by atoms with Gasteiger partial charge in [-0.3, -0.25) is 0 Å². The van der Waals surface area contributed by atoms with Gasteiger partial charge in [0.05, 0.1) is 0 Å². The van der Waals surface area contributed by atoms with Crippen LogP contribution < -0.4 is 5.32 Å². The third kappa shape index (κ3) is 0.976. The van der Waals surface area contributed by atoms with Gasteiger partial charge in [-0.15, -0.1) is 0 Å². The summed E-state index contributed by atoms with van der Waals surface area (Å²) in [6, 6.07) is 6.51. The molecule has 0 bridgehead atoms. The van der Waals surface area contributed by atoms with E-state index in [0.717, 1.165) is 13.1 Å². The van der Waals surface area contributed by atoms with Crippen LogP contribution in [0, 0.1) is 0 Å². The van der Waals surface area contributed by atoms with Gasteiger partial charge in [0.25, 0.3) is 0 Å². The van der Waals surface area contributed by atoms with Gasteiger partial charge in [0.15, 0.2) is 0 Å². The SMILES string of the molecule is Brc1ccc2c(c1)C[NH2+]C2. The van der Waals surface area contributed by atoms with Crippen LogP contribution in [0.5, 0.6) is 0 Å². The van der Waals surface area contributed by atoms with E-state index in [1.54, 1.807) is 0 Å². The summed E-state index contributed by atoms with van der Waals surface area (Å²) in [5.41, 5.74) is 2.97. The van der Waals surface area contributed by atoms with Crippen molar-refractivity contribution in [2.24, 2.45) is 0 Å². The van der Waals surface area contributed by atoms with Gasteiger partial charge >= 0.3 is 0 Å².